The maximum atomic E-state index is 14.0. The van der Waals surface area contributed by atoms with Crippen molar-refractivity contribution in [1.29, 1.82) is 0 Å². The van der Waals surface area contributed by atoms with Crippen molar-refractivity contribution in [2.24, 2.45) is 11.8 Å². The first-order valence-electron chi connectivity index (χ1n) is 7.15. The molecule has 2 rings (SSSR count). The Morgan fingerprint density at radius 3 is 2.63 bits per heavy atom. The molecule has 19 heavy (non-hydrogen) atoms. The summed E-state index contributed by atoms with van der Waals surface area (Å²) in [6.07, 6.45) is 0.424. The largest absolute Gasteiger partial charge is 0.389 e. The fraction of sp³-hybridized carbons (Fsp3) is 0.625. The normalized spacial score (nSPS) is 29.4. The van der Waals surface area contributed by atoms with Crippen molar-refractivity contribution in [3.05, 3.63) is 29.6 Å². The Bertz CT molecular complexity index is 446. The molecule has 106 valence electrons. The van der Waals surface area contributed by atoms with Gasteiger partial charge in [-0.1, -0.05) is 19.9 Å². The van der Waals surface area contributed by atoms with Crippen molar-refractivity contribution in [2.45, 2.75) is 46.3 Å². The van der Waals surface area contributed by atoms with Gasteiger partial charge in [-0.05, 0) is 44.2 Å². The lowest BCUT2D eigenvalue weighted by molar-refractivity contribution is 0.193. The summed E-state index contributed by atoms with van der Waals surface area (Å²) in [5.74, 6) is 0.857. The summed E-state index contributed by atoms with van der Waals surface area (Å²) in [7, 11) is 0. The molecule has 0 radical (unpaired) electrons. The minimum atomic E-state index is -0.782. The monoisotopic (exact) mass is 265 g/mol. The number of nitrogens with zero attached hydrogens (tertiary/aromatic N) is 1. The number of aliphatic hydroxyl groups is 1. The summed E-state index contributed by atoms with van der Waals surface area (Å²) >= 11 is 0. The Kier molecular flexibility index (Phi) is 4.14. The molecule has 0 amide bonds. The Morgan fingerprint density at radius 2 is 2.00 bits per heavy atom. The van der Waals surface area contributed by atoms with Crippen molar-refractivity contribution in [1.82, 2.24) is 0 Å². The molecule has 0 aromatic heterocycles. The van der Waals surface area contributed by atoms with Gasteiger partial charge in [0, 0.05) is 23.8 Å². The van der Waals surface area contributed by atoms with Crippen molar-refractivity contribution in [3.63, 3.8) is 0 Å². The zero-order valence-electron chi connectivity index (χ0n) is 12.2. The number of anilines is 1. The predicted octanol–water partition coefficient (Wildman–Crippen LogP) is 3.75. The molecule has 1 N–H and O–H groups in total. The molecule has 1 aliphatic heterocycles. The van der Waals surface area contributed by atoms with E-state index in [1.165, 1.54) is 12.5 Å². The van der Waals surface area contributed by atoms with Gasteiger partial charge >= 0.3 is 0 Å². The lowest BCUT2D eigenvalue weighted by atomic mass is 9.85. The van der Waals surface area contributed by atoms with Crippen LogP contribution >= 0.6 is 0 Å². The molecule has 0 spiro atoms. The van der Waals surface area contributed by atoms with E-state index in [2.05, 4.69) is 25.7 Å². The van der Waals surface area contributed by atoms with Gasteiger partial charge in [-0.2, -0.15) is 0 Å². The Balaban J connectivity index is 2.43. The Morgan fingerprint density at radius 1 is 1.32 bits per heavy atom. The second kappa shape index (κ2) is 5.49. The topological polar surface area (TPSA) is 23.5 Å². The second-order valence-corrected chi connectivity index (χ2v) is 6.06. The van der Waals surface area contributed by atoms with E-state index >= 15 is 0 Å². The number of hydrogen-bond acceptors (Lipinski definition) is 2. The summed E-state index contributed by atoms with van der Waals surface area (Å²) in [5, 5.41) is 9.87. The maximum absolute atomic E-state index is 14.0. The average Bonchev–Trinajstić information content (AvgIpc) is 2.33. The fourth-order valence-corrected chi connectivity index (χ4v) is 3.22. The summed E-state index contributed by atoms with van der Waals surface area (Å²) in [6, 6.07) is 5.45. The van der Waals surface area contributed by atoms with E-state index in [9.17, 15) is 9.50 Å². The number of rotatable bonds is 2. The van der Waals surface area contributed by atoms with Gasteiger partial charge in [0.05, 0.1) is 6.10 Å². The Hall–Kier alpha value is -1.09. The zero-order chi connectivity index (χ0) is 14.2. The van der Waals surface area contributed by atoms with Crippen LogP contribution in [-0.2, 0) is 0 Å². The first-order chi connectivity index (χ1) is 8.91. The minimum Gasteiger partial charge on any atom is -0.389 e. The lowest BCUT2D eigenvalue weighted by Gasteiger charge is -2.43. The highest BCUT2D eigenvalue weighted by molar-refractivity contribution is 5.56. The third-order valence-electron chi connectivity index (χ3n) is 4.35. The minimum absolute atomic E-state index is 0.314. The van der Waals surface area contributed by atoms with E-state index in [1.807, 2.05) is 6.07 Å². The molecule has 3 heteroatoms. The number of hydrogen-bond donors (Lipinski definition) is 1. The standard InChI is InChI=1S/C16H24FNO/c1-10-8-11(2)12(3)18(9-10)15-7-5-6-14(17)16(15)13(4)19/h5-7,10-13,19H,8-9H2,1-4H3/t10?,11?,12?,13-/m1/s1. The number of piperidine rings is 1. The zero-order valence-corrected chi connectivity index (χ0v) is 12.2. The van der Waals surface area contributed by atoms with E-state index in [1.54, 1.807) is 13.0 Å². The van der Waals surface area contributed by atoms with Gasteiger partial charge in [-0.25, -0.2) is 4.39 Å². The van der Waals surface area contributed by atoms with Crippen LogP contribution in [0.15, 0.2) is 18.2 Å². The van der Waals surface area contributed by atoms with Crippen LogP contribution in [0, 0.1) is 17.7 Å². The number of aliphatic hydroxyl groups excluding tert-OH is 1. The summed E-state index contributed by atoms with van der Waals surface area (Å²) < 4.78 is 14.0. The second-order valence-electron chi connectivity index (χ2n) is 6.06. The molecule has 0 saturated carbocycles. The molecule has 1 aliphatic rings. The average molecular weight is 265 g/mol. The van der Waals surface area contributed by atoms with E-state index in [-0.39, 0.29) is 5.82 Å². The lowest BCUT2D eigenvalue weighted by Crippen LogP contribution is -2.46. The van der Waals surface area contributed by atoms with Crippen LogP contribution in [0.5, 0.6) is 0 Å². The Labute approximate surface area is 115 Å². The van der Waals surface area contributed by atoms with Crippen LogP contribution in [0.3, 0.4) is 0 Å². The van der Waals surface area contributed by atoms with Crippen molar-refractivity contribution >= 4 is 5.69 Å². The molecular weight excluding hydrogens is 241 g/mol. The van der Waals surface area contributed by atoms with E-state index in [4.69, 9.17) is 0 Å². The predicted molar refractivity (Wildman–Crippen MR) is 76.8 cm³/mol. The summed E-state index contributed by atoms with van der Waals surface area (Å²) in [6.45, 7) is 9.22. The van der Waals surface area contributed by atoms with Gasteiger partial charge < -0.3 is 10.0 Å². The highest BCUT2D eigenvalue weighted by Gasteiger charge is 2.31. The summed E-state index contributed by atoms with van der Waals surface area (Å²) in [4.78, 5) is 2.25. The quantitative estimate of drug-likeness (QED) is 0.880. The smallest absolute Gasteiger partial charge is 0.131 e. The molecule has 4 atom stereocenters. The van der Waals surface area contributed by atoms with Crippen LogP contribution < -0.4 is 4.90 Å². The summed E-state index contributed by atoms with van der Waals surface area (Å²) in [5.41, 5.74) is 1.27. The molecular formula is C16H24FNO. The van der Waals surface area contributed by atoms with Crippen LogP contribution in [-0.4, -0.2) is 17.7 Å². The number of benzene rings is 1. The SMILES string of the molecule is CC1CC(C)C(C)N(c2cccc(F)c2[C@@H](C)O)C1. The van der Waals surface area contributed by atoms with E-state index < -0.39 is 6.10 Å². The molecule has 1 aromatic rings. The van der Waals surface area contributed by atoms with Crippen molar-refractivity contribution in [3.8, 4) is 0 Å². The molecule has 1 heterocycles. The molecule has 3 unspecified atom stereocenters. The molecule has 1 saturated heterocycles. The van der Waals surface area contributed by atoms with E-state index in [0.29, 0.717) is 23.4 Å². The highest BCUT2D eigenvalue weighted by atomic mass is 19.1. The third-order valence-corrected chi connectivity index (χ3v) is 4.35. The molecule has 2 nitrogen and oxygen atoms in total. The first kappa shape index (κ1) is 14.3. The van der Waals surface area contributed by atoms with Crippen LogP contribution in [0.1, 0.15) is 45.8 Å². The molecule has 1 fully saturated rings. The van der Waals surface area contributed by atoms with E-state index in [0.717, 1.165) is 12.2 Å². The fourth-order valence-electron chi connectivity index (χ4n) is 3.22. The van der Waals surface area contributed by atoms with Gasteiger partial charge in [-0.3, -0.25) is 0 Å². The van der Waals surface area contributed by atoms with Gasteiger partial charge in [0.2, 0.25) is 0 Å². The molecule has 0 aliphatic carbocycles. The van der Waals surface area contributed by atoms with Gasteiger partial charge in [0.1, 0.15) is 5.82 Å². The van der Waals surface area contributed by atoms with Crippen LogP contribution in [0.4, 0.5) is 10.1 Å². The van der Waals surface area contributed by atoms with Gasteiger partial charge in [0.15, 0.2) is 0 Å². The third kappa shape index (κ3) is 2.76. The molecule has 0 bridgehead atoms. The number of halogens is 1. The van der Waals surface area contributed by atoms with Crippen molar-refractivity contribution < 1.29 is 9.50 Å². The first-order valence-corrected chi connectivity index (χ1v) is 7.15. The maximum Gasteiger partial charge on any atom is 0.131 e. The highest BCUT2D eigenvalue weighted by Crippen LogP contribution is 2.36. The van der Waals surface area contributed by atoms with Crippen LogP contribution in [0.2, 0.25) is 0 Å². The van der Waals surface area contributed by atoms with Gasteiger partial charge in [-0.15, -0.1) is 0 Å². The van der Waals surface area contributed by atoms with Crippen LogP contribution in [0.25, 0.3) is 0 Å². The van der Waals surface area contributed by atoms with Crippen molar-refractivity contribution in [2.75, 3.05) is 11.4 Å². The van der Waals surface area contributed by atoms with Gasteiger partial charge in [0.25, 0.3) is 0 Å². The molecule has 1 aromatic carbocycles.